The molecule has 0 saturated heterocycles. The first kappa shape index (κ1) is 23.1. The fourth-order valence-corrected chi connectivity index (χ4v) is 4.04. The molecule has 7 heteroatoms. The molecule has 7 nitrogen and oxygen atoms in total. The van der Waals surface area contributed by atoms with Crippen molar-refractivity contribution in [1.82, 2.24) is 14.9 Å². The molecule has 0 bridgehead atoms. The van der Waals surface area contributed by atoms with E-state index >= 15 is 0 Å². The molecule has 5 rings (SSSR count). The number of hydrogen-bond acceptors (Lipinski definition) is 6. The summed E-state index contributed by atoms with van der Waals surface area (Å²) < 4.78 is 10.5. The molecule has 3 aromatic carbocycles. The van der Waals surface area contributed by atoms with Gasteiger partial charge in [-0.05, 0) is 59.5 Å². The Morgan fingerprint density at radius 1 is 0.944 bits per heavy atom. The molecule has 0 unspecified atom stereocenters. The van der Waals surface area contributed by atoms with Crippen LogP contribution in [0, 0.1) is 0 Å². The number of nitrogens with one attached hydrogen (secondary N) is 1. The first-order valence-electron chi connectivity index (χ1n) is 11.9. The summed E-state index contributed by atoms with van der Waals surface area (Å²) in [6.45, 7) is 3.03. The number of carbonyl (C=O) groups is 1. The zero-order chi connectivity index (χ0) is 24.7. The Morgan fingerprint density at radius 2 is 1.81 bits per heavy atom. The molecule has 0 atom stereocenters. The quantitative estimate of drug-likeness (QED) is 0.257. The van der Waals surface area contributed by atoms with Gasteiger partial charge in [-0.2, -0.15) is 0 Å². The minimum Gasteiger partial charge on any atom is -0.434 e. The number of fused-ring (bicyclic) bond motifs is 1. The van der Waals surface area contributed by atoms with E-state index in [0.29, 0.717) is 13.1 Å². The van der Waals surface area contributed by atoms with Crippen LogP contribution in [0.25, 0.3) is 22.0 Å². The van der Waals surface area contributed by atoms with E-state index in [1.165, 1.54) is 6.26 Å². The zero-order valence-electron chi connectivity index (χ0n) is 19.9. The van der Waals surface area contributed by atoms with E-state index in [1.807, 2.05) is 55.5 Å². The summed E-state index contributed by atoms with van der Waals surface area (Å²) in [7, 11) is 0. The molecule has 5 aromatic rings. The molecule has 0 aliphatic carbocycles. The van der Waals surface area contributed by atoms with Gasteiger partial charge >= 0.3 is 6.09 Å². The maximum Gasteiger partial charge on any atom is 0.417 e. The van der Waals surface area contributed by atoms with Crippen LogP contribution in [0.2, 0.25) is 0 Å². The van der Waals surface area contributed by atoms with E-state index in [0.717, 1.165) is 45.5 Å². The summed E-state index contributed by atoms with van der Waals surface area (Å²) in [4.78, 5) is 23.3. The minimum atomic E-state index is -0.434. The summed E-state index contributed by atoms with van der Waals surface area (Å²) in [5.41, 5.74) is 4.90. The standard InChI is InChI=1S/C29H26N4O3/c1-2-15-33(29(34)36-27-12-7-16-35-27)19-21-8-6-9-22(17-21)23-13-14-26-25(18-23)28(31-20-30-26)32-24-10-4-3-5-11-24/h3-14,16-18,20H,2,15,19H2,1H3,(H,30,31,32). The predicted molar refractivity (Wildman–Crippen MR) is 140 cm³/mol. The van der Waals surface area contributed by atoms with Gasteiger partial charge in [0.25, 0.3) is 5.95 Å². The second kappa shape index (κ2) is 10.7. The molecule has 0 saturated carbocycles. The Balaban J connectivity index is 1.40. The average Bonchev–Trinajstić information content (AvgIpc) is 3.42. The van der Waals surface area contributed by atoms with Crippen molar-refractivity contribution in [2.75, 3.05) is 11.9 Å². The molecule has 2 heterocycles. The summed E-state index contributed by atoms with van der Waals surface area (Å²) in [5, 5.41) is 4.32. The van der Waals surface area contributed by atoms with Crippen LogP contribution in [0.1, 0.15) is 18.9 Å². The van der Waals surface area contributed by atoms with Crippen LogP contribution in [0.4, 0.5) is 16.3 Å². The third-order valence-electron chi connectivity index (χ3n) is 5.74. The van der Waals surface area contributed by atoms with Crippen LogP contribution in [0.5, 0.6) is 5.95 Å². The van der Waals surface area contributed by atoms with Gasteiger partial charge in [0, 0.05) is 30.2 Å². The lowest BCUT2D eigenvalue weighted by atomic mass is 10.0. The van der Waals surface area contributed by atoms with Gasteiger partial charge in [0.15, 0.2) is 0 Å². The Bertz CT molecular complexity index is 1450. The van der Waals surface area contributed by atoms with Crippen molar-refractivity contribution in [2.45, 2.75) is 19.9 Å². The number of ether oxygens (including phenoxy) is 1. The van der Waals surface area contributed by atoms with Crippen molar-refractivity contribution in [2.24, 2.45) is 0 Å². The molecule has 0 fully saturated rings. The van der Waals surface area contributed by atoms with Crippen LogP contribution in [0.15, 0.2) is 102 Å². The number of benzene rings is 3. The topological polar surface area (TPSA) is 80.5 Å². The van der Waals surface area contributed by atoms with Gasteiger partial charge in [-0.15, -0.1) is 0 Å². The van der Waals surface area contributed by atoms with Gasteiger partial charge in [-0.1, -0.05) is 49.4 Å². The summed E-state index contributed by atoms with van der Waals surface area (Å²) >= 11 is 0. The number of rotatable bonds is 8. The second-order valence-electron chi connectivity index (χ2n) is 8.37. The fourth-order valence-electron chi connectivity index (χ4n) is 4.04. The zero-order valence-corrected chi connectivity index (χ0v) is 19.9. The van der Waals surface area contributed by atoms with Crippen molar-refractivity contribution < 1.29 is 13.9 Å². The molecular formula is C29H26N4O3. The SMILES string of the molecule is CCCN(Cc1cccc(-c2ccc3ncnc(Nc4ccccc4)c3c2)c1)C(=O)Oc1ccco1. The Hall–Kier alpha value is -4.65. The van der Waals surface area contributed by atoms with Gasteiger partial charge in [-0.25, -0.2) is 14.8 Å². The molecule has 1 N–H and O–H groups in total. The van der Waals surface area contributed by atoms with Crippen molar-refractivity contribution in [3.63, 3.8) is 0 Å². The molecule has 180 valence electrons. The number of aromatic nitrogens is 2. The van der Waals surface area contributed by atoms with Crippen LogP contribution in [-0.2, 0) is 6.54 Å². The molecule has 0 aliphatic heterocycles. The molecular weight excluding hydrogens is 452 g/mol. The Kier molecular flexibility index (Phi) is 6.89. The highest BCUT2D eigenvalue weighted by Gasteiger charge is 2.17. The molecule has 0 aliphatic rings. The molecule has 0 radical (unpaired) electrons. The van der Waals surface area contributed by atoms with Gasteiger partial charge < -0.3 is 19.4 Å². The van der Waals surface area contributed by atoms with Crippen molar-refractivity contribution >= 4 is 28.5 Å². The number of para-hydroxylation sites is 1. The van der Waals surface area contributed by atoms with E-state index in [4.69, 9.17) is 9.15 Å². The summed E-state index contributed by atoms with van der Waals surface area (Å²) in [5.74, 6) is 0.937. The first-order valence-corrected chi connectivity index (χ1v) is 11.9. The maximum atomic E-state index is 12.7. The molecule has 36 heavy (non-hydrogen) atoms. The van der Waals surface area contributed by atoms with Gasteiger partial charge in [0.2, 0.25) is 0 Å². The lowest BCUT2D eigenvalue weighted by Gasteiger charge is -2.21. The smallest absolute Gasteiger partial charge is 0.417 e. The fraction of sp³-hybridized carbons (Fsp3) is 0.138. The second-order valence-corrected chi connectivity index (χ2v) is 8.37. The van der Waals surface area contributed by atoms with Crippen molar-refractivity contribution in [3.05, 3.63) is 103 Å². The Morgan fingerprint density at radius 3 is 2.61 bits per heavy atom. The number of anilines is 2. The number of carbonyl (C=O) groups excluding carboxylic acids is 1. The normalized spacial score (nSPS) is 10.8. The predicted octanol–water partition coefficient (Wildman–Crippen LogP) is 7.04. The van der Waals surface area contributed by atoms with E-state index in [1.54, 1.807) is 23.4 Å². The third kappa shape index (κ3) is 5.36. The van der Waals surface area contributed by atoms with Crippen LogP contribution in [-0.4, -0.2) is 27.5 Å². The Labute approximate surface area is 209 Å². The van der Waals surface area contributed by atoms with Crippen LogP contribution < -0.4 is 10.1 Å². The lowest BCUT2D eigenvalue weighted by molar-refractivity contribution is 0.138. The number of furan rings is 1. The van der Waals surface area contributed by atoms with E-state index < -0.39 is 6.09 Å². The van der Waals surface area contributed by atoms with Gasteiger partial charge in [0.1, 0.15) is 12.1 Å². The van der Waals surface area contributed by atoms with Crippen molar-refractivity contribution in [3.8, 4) is 17.1 Å². The van der Waals surface area contributed by atoms with E-state index in [2.05, 4.69) is 39.6 Å². The molecule has 0 spiro atoms. The summed E-state index contributed by atoms with van der Waals surface area (Å²) in [6.07, 6.45) is 3.43. The van der Waals surface area contributed by atoms with Gasteiger partial charge in [0.05, 0.1) is 11.8 Å². The first-order chi connectivity index (χ1) is 17.7. The maximum absolute atomic E-state index is 12.7. The summed E-state index contributed by atoms with van der Waals surface area (Å²) in [6, 6.07) is 27.6. The number of amides is 1. The van der Waals surface area contributed by atoms with E-state index in [9.17, 15) is 4.79 Å². The largest absolute Gasteiger partial charge is 0.434 e. The number of hydrogen-bond donors (Lipinski definition) is 1. The average molecular weight is 479 g/mol. The highest BCUT2D eigenvalue weighted by molar-refractivity contribution is 5.93. The van der Waals surface area contributed by atoms with Crippen molar-refractivity contribution in [1.29, 1.82) is 0 Å². The van der Waals surface area contributed by atoms with Crippen LogP contribution in [0.3, 0.4) is 0 Å². The highest BCUT2D eigenvalue weighted by atomic mass is 16.6. The van der Waals surface area contributed by atoms with Crippen LogP contribution >= 0.6 is 0 Å². The number of nitrogens with zero attached hydrogens (tertiary/aromatic N) is 3. The molecule has 1 amide bonds. The third-order valence-corrected chi connectivity index (χ3v) is 5.74. The van der Waals surface area contributed by atoms with Gasteiger partial charge in [-0.3, -0.25) is 0 Å². The highest BCUT2D eigenvalue weighted by Crippen LogP contribution is 2.29. The minimum absolute atomic E-state index is 0.188. The lowest BCUT2D eigenvalue weighted by Crippen LogP contribution is -2.33. The monoisotopic (exact) mass is 478 g/mol. The van der Waals surface area contributed by atoms with E-state index in [-0.39, 0.29) is 5.95 Å². The molecule has 2 aromatic heterocycles.